The third kappa shape index (κ3) is 6.37. The molecular formula is C24H31F2N7O. The van der Waals surface area contributed by atoms with E-state index < -0.39 is 6.55 Å². The van der Waals surface area contributed by atoms with Gasteiger partial charge in [0.05, 0.1) is 11.4 Å². The van der Waals surface area contributed by atoms with Crippen LogP contribution >= 0.6 is 0 Å². The first-order chi connectivity index (χ1) is 16.3. The molecule has 0 spiro atoms. The molecule has 0 aliphatic heterocycles. The number of carbonyl (C=O) groups is 1. The average Bonchev–Trinajstić information content (AvgIpc) is 3.41. The predicted octanol–water partition coefficient (Wildman–Crippen LogP) is 5.18. The number of primary amides is 1. The number of pyridine rings is 1. The van der Waals surface area contributed by atoms with Gasteiger partial charge in [-0.1, -0.05) is 45.4 Å². The summed E-state index contributed by atoms with van der Waals surface area (Å²) in [6.07, 6.45) is 4.45. The quantitative estimate of drug-likeness (QED) is 0.390. The van der Waals surface area contributed by atoms with Crippen LogP contribution in [0.4, 0.5) is 14.6 Å². The third-order valence-corrected chi connectivity index (χ3v) is 5.03. The number of para-hydroxylation sites is 1. The van der Waals surface area contributed by atoms with E-state index in [0.29, 0.717) is 10.1 Å². The molecule has 0 bridgehead atoms. The standard InChI is InChI=1S/C18H16F2N6.C5H12.CH3NO/c1-11-15(23-26(17(11)21-2)14-6-4-3-5-7-14)12-8-13-10-25(18(19)20)24-16(13)22-9-12;1-4-5(2)3;2-1-3/h3-10,18,21H,1-2H3;5H,4H2,1-3H3;1H,(H2,2,3). The van der Waals surface area contributed by atoms with Crippen molar-refractivity contribution < 1.29 is 13.6 Å². The van der Waals surface area contributed by atoms with Crippen molar-refractivity contribution in [1.82, 2.24) is 24.5 Å². The number of hydrogen-bond donors (Lipinski definition) is 2. The molecule has 4 aromatic rings. The van der Waals surface area contributed by atoms with Crippen molar-refractivity contribution in [2.24, 2.45) is 11.7 Å². The van der Waals surface area contributed by atoms with E-state index in [2.05, 4.69) is 41.9 Å². The Morgan fingerprint density at radius 2 is 1.79 bits per heavy atom. The lowest BCUT2D eigenvalue weighted by molar-refractivity contribution is -0.106. The van der Waals surface area contributed by atoms with E-state index in [1.54, 1.807) is 12.3 Å². The molecule has 3 N–H and O–H groups in total. The van der Waals surface area contributed by atoms with Gasteiger partial charge in [0.1, 0.15) is 5.82 Å². The molecule has 0 aliphatic rings. The lowest BCUT2D eigenvalue weighted by atomic mass is 10.1. The fraction of sp³-hybridized carbons (Fsp3) is 0.333. The van der Waals surface area contributed by atoms with Crippen LogP contribution in [0.1, 0.15) is 39.3 Å². The zero-order chi connectivity index (χ0) is 25.3. The zero-order valence-corrected chi connectivity index (χ0v) is 20.0. The van der Waals surface area contributed by atoms with Gasteiger partial charge in [0.2, 0.25) is 6.41 Å². The summed E-state index contributed by atoms with van der Waals surface area (Å²) < 4.78 is 28.1. The molecule has 0 aliphatic carbocycles. The van der Waals surface area contributed by atoms with Crippen LogP contribution in [0, 0.1) is 12.8 Å². The fourth-order valence-electron chi connectivity index (χ4n) is 2.98. The van der Waals surface area contributed by atoms with Crippen molar-refractivity contribution in [3.8, 4) is 16.9 Å². The van der Waals surface area contributed by atoms with Crippen LogP contribution in [0.25, 0.3) is 28.0 Å². The van der Waals surface area contributed by atoms with Crippen LogP contribution < -0.4 is 11.1 Å². The van der Waals surface area contributed by atoms with Gasteiger partial charge in [0.25, 0.3) is 0 Å². The Kier molecular flexibility index (Phi) is 9.66. The number of amides is 1. The summed E-state index contributed by atoms with van der Waals surface area (Å²) in [7, 11) is 1.83. The molecule has 1 amide bonds. The van der Waals surface area contributed by atoms with Gasteiger partial charge in [-0.25, -0.2) is 14.3 Å². The number of rotatable bonds is 5. The van der Waals surface area contributed by atoms with Crippen molar-refractivity contribution in [3.63, 3.8) is 0 Å². The molecule has 0 fully saturated rings. The molecule has 4 rings (SSSR count). The van der Waals surface area contributed by atoms with Crippen LogP contribution in [0.15, 0.2) is 48.8 Å². The summed E-state index contributed by atoms with van der Waals surface area (Å²) >= 11 is 0. The Hall–Kier alpha value is -3.82. The Morgan fingerprint density at radius 3 is 2.32 bits per heavy atom. The summed E-state index contributed by atoms with van der Waals surface area (Å²) in [6.45, 7) is 5.91. The summed E-state index contributed by atoms with van der Waals surface area (Å²) in [4.78, 5) is 12.8. The maximum absolute atomic E-state index is 12.8. The number of nitrogens with two attached hydrogens (primary N) is 1. The van der Waals surface area contributed by atoms with Gasteiger partial charge in [-0.3, -0.25) is 4.79 Å². The molecule has 0 saturated carbocycles. The maximum Gasteiger partial charge on any atom is 0.333 e. The average molecular weight is 472 g/mol. The lowest BCUT2D eigenvalue weighted by Crippen LogP contribution is -2.02. The van der Waals surface area contributed by atoms with Crippen LogP contribution in [0.2, 0.25) is 0 Å². The van der Waals surface area contributed by atoms with E-state index in [4.69, 9.17) is 9.89 Å². The number of carbonyl (C=O) groups excluding carboxylic acids is 1. The summed E-state index contributed by atoms with van der Waals surface area (Å²) in [6, 6.07) is 11.5. The minimum absolute atomic E-state index is 0.250. The Morgan fingerprint density at radius 1 is 1.18 bits per heavy atom. The highest BCUT2D eigenvalue weighted by molar-refractivity contribution is 5.81. The molecule has 182 valence electrons. The number of nitrogens with zero attached hydrogens (tertiary/aromatic N) is 5. The van der Waals surface area contributed by atoms with Crippen LogP contribution in [-0.4, -0.2) is 38.0 Å². The van der Waals surface area contributed by atoms with Gasteiger partial charge in [-0.05, 0) is 31.0 Å². The highest BCUT2D eigenvalue weighted by Crippen LogP contribution is 2.31. The molecule has 10 heteroatoms. The number of halogens is 2. The van der Waals surface area contributed by atoms with E-state index in [-0.39, 0.29) is 12.1 Å². The van der Waals surface area contributed by atoms with Crippen LogP contribution in [0.5, 0.6) is 0 Å². The monoisotopic (exact) mass is 471 g/mol. The Labute approximate surface area is 197 Å². The van der Waals surface area contributed by atoms with Crippen molar-refractivity contribution in [3.05, 3.63) is 54.4 Å². The molecule has 34 heavy (non-hydrogen) atoms. The fourth-order valence-corrected chi connectivity index (χ4v) is 2.98. The molecule has 0 atom stereocenters. The highest BCUT2D eigenvalue weighted by Gasteiger charge is 2.18. The largest absolute Gasteiger partial charge is 0.373 e. The van der Waals surface area contributed by atoms with E-state index in [1.165, 1.54) is 12.6 Å². The summed E-state index contributed by atoms with van der Waals surface area (Å²) in [5.41, 5.74) is 7.79. The second kappa shape index (κ2) is 12.4. The number of fused-ring (bicyclic) bond motifs is 1. The number of aromatic nitrogens is 5. The molecule has 0 radical (unpaired) electrons. The second-order valence-electron chi connectivity index (χ2n) is 7.78. The topological polar surface area (TPSA) is 104 Å². The first-order valence-electron chi connectivity index (χ1n) is 10.9. The van der Waals surface area contributed by atoms with Gasteiger partial charge < -0.3 is 11.1 Å². The van der Waals surface area contributed by atoms with Crippen LogP contribution in [-0.2, 0) is 4.79 Å². The molecule has 1 aromatic carbocycles. The number of anilines is 1. The molecule has 3 aromatic heterocycles. The van der Waals surface area contributed by atoms with Gasteiger partial charge in [0, 0.05) is 36.0 Å². The minimum atomic E-state index is -2.69. The zero-order valence-electron chi connectivity index (χ0n) is 20.0. The normalized spacial score (nSPS) is 10.5. The van der Waals surface area contributed by atoms with E-state index in [0.717, 1.165) is 34.2 Å². The smallest absolute Gasteiger partial charge is 0.333 e. The number of nitrogens with one attached hydrogen (secondary N) is 1. The highest BCUT2D eigenvalue weighted by atomic mass is 19.3. The Bertz CT molecular complexity index is 1190. The number of hydrogen-bond acceptors (Lipinski definition) is 5. The SMILES string of the molecule is CCC(C)C.CNc1c(C)c(-c2cnc3nn(C(F)F)cc3c2)nn1-c1ccccc1.NC=O. The Balaban J connectivity index is 0.000000447. The van der Waals surface area contributed by atoms with Crippen molar-refractivity contribution >= 4 is 23.3 Å². The third-order valence-electron chi connectivity index (χ3n) is 5.03. The number of alkyl halides is 2. The van der Waals surface area contributed by atoms with Gasteiger partial charge in [-0.2, -0.15) is 13.9 Å². The molecule has 3 heterocycles. The summed E-state index contributed by atoms with van der Waals surface area (Å²) in [5, 5.41) is 12.2. The second-order valence-corrected chi connectivity index (χ2v) is 7.78. The van der Waals surface area contributed by atoms with Gasteiger partial charge in [-0.15, -0.1) is 5.10 Å². The van der Waals surface area contributed by atoms with Gasteiger partial charge in [0.15, 0.2) is 5.65 Å². The molecule has 8 nitrogen and oxygen atoms in total. The number of benzene rings is 1. The molecular weight excluding hydrogens is 440 g/mol. The predicted molar refractivity (Wildman–Crippen MR) is 131 cm³/mol. The minimum Gasteiger partial charge on any atom is -0.373 e. The van der Waals surface area contributed by atoms with Gasteiger partial charge >= 0.3 is 6.55 Å². The van der Waals surface area contributed by atoms with Crippen LogP contribution in [0.3, 0.4) is 0 Å². The van der Waals surface area contributed by atoms with E-state index in [9.17, 15) is 8.78 Å². The van der Waals surface area contributed by atoms with Crippen molar-refractivity contribution in [2.75, 3.05) is 12.4 Å². The van der Waals surface area contributed by atoms with E-state index in [1.807, 2.05) is 49.0 Å². The lowest BCUT2D eigenvalue weighted by Gasteiger charge is -2.06. The summed E-state index contributed by atoms with van der Waals surface area (Å²) in [5.74, 6) is 1.74. The first kappa shape index (κ1) is 26.4. The first-order valence-corrected chi connectivity index (χ1v) is 10.9. The maximum atomic E-state index is 12.8. The van der Waals surface area contributed by atoms with Crippen molar-refractivity contribution in [1.29, 1.82) is 0 Å². The van der Waals surface area contributed by atoms with E-state index >= 15 is 0 Å². The molecule has 0 saturated heterocycles. The van der Waals surface area contributed by atoms with Crippen molar-refractivity contribution in [2.45, 2.75) is 40.7 Å². The molecule has 0 unspecified atom stereocenters.